The SMILES string of the molecule is CC(=O)O.CC(C)(C)OC(=O)N1CCC[C@H]1C(=O)OCC(=O)c1ccc(-c2ccc(C(=O)COC(=O)[C@@H]3CCCN3C(=O)OC(C)(C)C)cc2)cc1.CC(C)(C)OC(=O)N1CCC[C@H]1C1=NC=C(c2ccc(-c3ccc(-c4cnc([C@@H]5CCCN5C(=O)OC(C)(C)C)[nH]4)cc3)cc2)C1.N. The van der Waals surface area contributed by atoms with Gasteiger partial charge >= 0.3 is 36.3 Å². The minimum atomic E-state index is -0.833. The number of aromatic amines is 1. The zero-order valence-corrected chi connectivity index (χ0v) is 59.3. The van der Waals surface area contributed by atoms with E-state index in [-0.39, 0.29) is 42.0 Å². The van der Waals surface area contributed by atoms with Gasteiger partial charge in [0.15, 0.2) is 24.8 Å². The lowest BCUT2D eigenvalue weighted by molar-refractivity contribution is -0.148. The molecule has 24 nitrogen and oxygen atoms in total. The number of Topliss-reactive ketones (excluding diaryl/α,β-unsaturated/α-hetero) is 2. The van der Waals surface area contributed by atoms with Crippen LogP contribution in [-0.4, -0.2) is 174 Å². The number of nitrogens with one attached hydrogen (secondary N) is 1. The number of allylic oxidation sites excluding steroid dienone is 1. The number of aliphatic carboxylic acids is 1. The normalized spacial score (nSPS) is 18.3. The lowest BCUT2D eigenvalue weighted by Gasteiger charge is -2.28. The number of carbonyl (C=O) groups is 9. The molecule has 4 amide bonds. The van der Waals surface area contributed by atoms with Crippen molar-refractivity contribution in [2.24, 2.45) is 4.99 Å². The monoisotopic (exact) mass is 1360 g/mol. The molecule has 24 heteroatoms. The third-order valence-electron chi connectivity index (χ3n) is 16.3. The number of nitrogens with zero attached hydrogens (tertiary/aromatic N) is 6. The second kappa shape index (κ2) is 32.8. The van der Waals surface area contributed by atoms with Crippen molar-refractivity contribution >= 4 is 65.1 Å². The molecule has 1 aromatic heterocycles. The van der Waals surface area contributed by atoms with Crippen LogP contribution >= 0.6 is 0 Å². The topological polar surface area (TPSA) is 318 Å². The molecule has 4 fully saturated rings. The van der Waals surface area contributed by atoms with E-state index >= 15 is 0 Å². The Labute approximate surface area is 579 Å². The summed E-state index contributed by atoms with van der Waals surface area (Å²) in [6, 6.07) is 28.8. The second-order valence-electron chi connectivity index (χ2n) is 28.9. The quantitative estimate of drug-likeness (QED) is 0.0528. The molecule has 0 radical (unpaired) electrons. The van der Waals surface area contributed by atoms with Crippen molar-refractivity contribution in [3.05, 3.63) is 132 Å². The highest BCUT2D eigenvalue weighted by Gasteiger charge is 2.41. The molecule has 0 unspecified atom stereocenters. The Morgan fingerprint density at radius 2 is 0.788 bits per heavy atom. The molecule has 0 spiro atoms. The van der Waals surface area contributed by atoms with Crippen molar-refractivity contribution in [2.75, 3.05) is 39.4 Å². The van der Waals surface area contributed by atoms with Crippen molar-refractivity contribution in [2.45, 2.75) is 194 Å². The third-order valence-corrected chi connectivity index (χ3v) is 16.3. The number of aromatic nitrogens is 2. The van der Waals surface area contributed by atoms with Gasteiger partial charge in [-0.15, -0.1) is 0 Å². The summed E-state index contributed by atoms with van der Waals surface area (Å²) in [5.74, 6) is -2.11. The van der Waals surface area contributed by atoms with E-state index in [9.17, 15) is 38.4 Å². The summed E-state index contributed by atoms with van der Waals surface area (Å²) in [6.45, 7) is 24.1. The van der Waals surface area contributed by atoms with E-state index in [0.29, 0.717) is 63.0 Å². The Hall–Kier alpha value is -9.71. The number of carboxylic acid groups (broad SMARTS) is 1. The van der Waals surface area contributed by atoms with Gasteiger partial charge in [-0.25, -0.2) is 33.8 Å². The highest BCUT2D eigenvalue weighted by atomic mass is 16.6. The molecule has 5 aromatic rings. The molecule has 4 aromatic carbocycles. The number of hydrogen-bond acceptors (Lipinski definition) is 18. The Balaban J connectivity index is 0.000000262. The summed E-state index contributed by atoms with van der Waals surface area (Å²) >= 11 is 0. The zero-order chi connectivity index (χ0) is 71.4. The van der Waals surface area contributed by atoms with Gasteiger partial charge in [0, 0.05) is 62.6 Å². The summed E-state index contributed by atoms with van der Waals surface area (Å²) in [7, 11) is 0. The summed E-state index contributed by atoms with van der Waals surface area (Å²) in [6.07, 6.45) is 8.60. The van der Waals surface area contributed by atoms with Crippen molar-refractivity contribution in [1.29, 1.82) is 0 Å². The number of ether oxygens (including phenoxy) is 6. The predicted molar refractivity (Wildman–Crippen MR) is 373 cm³/mol. The van der Waals surface area contributed by atoms with Gasteiger partial charge in [-0.3, -0.25) is 39.0 Å². The van der Waals surface area contributed by atoms with Gasteiger partial charge in [-0.1, -0.05) is 97.1 Å². The van der Waals surface area contributed by atoms with E-state index in [2.05, 4.69) is 58.5 Å². The highest BCUT2D eigenvalue weighted by molar-refractivity contribution is 6.03. The number of likely N-dealkylation sites (tertiary alicyclic amines) is 4. The average molecular weight is 1370 g/mol. The third kappa shape index (κ3) is 21.6. The number of imidazole rings is 1. The molecule has 5 aliphatic rings. The van der Waals surface area contributed by atoms with Gasteiger partial charge in [-0.05, 0) is 173 Å². The number of esters is 2. The highest BCUT2D eigenvalue weighted by Crippen LogP contribution is 2.36. The maximum Gasteiger partial charge on any atom is 0.411 e. The number of amides is 4. The standard InChI is InChI=1S/C37H45N5O4.C36H44N2O10.C2H4O2.H3N/c1-36(2,3)45-34(43)41-19-7-9-31(41)29-21-28(22-38-29)26-13-11-24(12-14-26)25-15-17-27(18-16-25)30-23-39-33(40-30)32-10-8-20-42(32)35(44)46-37(4,5)6;1-35(2,3)47-33(43)37-19-7-9-27(37)31(41)45-21-29(39)25-15-11-23(12-16-25)24-13-17-26(18-14-24)30(40)22-46-32(42)28-10-8-20-38(28)34(44)48-36(4,5)6;1-2(3)4;/h11-18,22-23,31-32H,7-10,19-21H2,1-6H3,(H,39,40);11-18,27-28H,7-10,19-22H2,1-6H3;1H3,(H,3,4);1H3/t31-,32-;27-,28-;;/m00../s1. The number of H-pyrrole nitrogens is 1. The molecular weight excluding hydrogens is 1270 g/mol. The molecule has 99 heavy (non-hydrogen) atoms. The number of carbonyl (C=O) groups excluding carboxylic acids is 8. The van der Waals surface area contributed by atoms with Crippen LogP contribution in [0.5, 0.6) is 0 Å². The van der Waals surface area contributed by atoms with Crippen LogP contribution in [0.3, 0.4) is 0 Å². The summed E-state index contributed by atoms with van der Waals surface area (Å²) < 4.78 is 32.6. The van der Waals surface area contributed by atoms with Crippen LogP contribution < -0.4 is 6.15 Å². The van der Waals surface area contributed by atoms with Crippen molar-refractivity contribution in [1.82, 2.24) is 35.7 Å². The molecule has 0 bridgehead atoms. The van der Waals surface area contributed by atoms with Crippen molar-refractivity contribution < 1.29 is 76.7 Å². The van der Waals surface area contributed by atoms with Gasteiger partial charge in [0.05, 0.1) is 24.0 Å². The van der Waals surface area contributed by atoms with Crippen molar-refractivity contribution in [3.8, 4) is 33.5 Å². The fourth-order valence-electron chi connectivity index (χ4n) is 11.9. The molecule has 5 N–H and O–H groups in total. The van der Waals surface area contributed by atoms with Crippen LogP contribution in [0, 0.1) is 0 Å². The Morgan fingerprint density at radius 3 is 1.18 bits per heavy atom. The van der Waals surface area contributed by atoms with Crippen LogP contribution in [0.2, 0.25) is 0 Å². The lowest BCUT2D eigenvalue weighted by atomic mass is 9.96. The molecule has 10 rings (SSSR count). The maximum atomic E-state index is 12.8. The van der Waals surface area contributed by atoms with Gasteiger partial charge in [0.1, 0.15) is 40.3 Å². The Kier molecular flexibility index (Phi) is 25.4. The number of hydrogen-bond donors (Lipinski definition) is 3. The molecule has 4 atom stereocenters. The molecule has 0 aliphatic carbocycles. The molecule has 5 aliphatic heterocycles. The lowest BCUT2D eigenvalue weighted by Crippen LogP contribution is -2.44. The van der Waals surface area contributed by atoms with Gasteiger partial charge in [0.2, 0.25) is 0 Å². The van der Waals surface area contributed by atoms with E-state index < -0.39 is 77.8 Å². The first-order valence-electron chi connectivity index (χ1n) is 33.4. The van der Waals surface area contributed by atoms with Crippen LogP contribution in [-0.2, 0) is 42.8 Å². The Bertz CT molecular complexity index is 3640. The number of carboxylic acids is 1. The number of aliphatic imine (C=N–C) groups is 1. The van der Waals surface area contributed by atoms with E-state index in [0.717, 1.165) is 95.2 Å². The summed E-state index contributed by atoms with van der Waals surface area (Å²) in [5.41, 5.74) is 7.38. The zero-order valence-electron chi connectivity index (χ0n) is 59.3. The average Bonchev–Trinajstić information content (AvgIpc) is 1.69. The van der Waals surface area contributed by atoms with E-state index in [1.54, 1.807) is 95.0 Å². The first kappa shape index (κ1) is 76.7. The second-order valence-corrected chi connectivity index (χ2v) is 28.9. The van der Waals surface area contributed by atoms with Crippen LogP contribution in [0.4, 0.5) is 19.2 Å². The fourth-order valence-corrected chi connectivity index (χ4v) is 11.9. The number of benzene rings is 4. The number of ketones is 2. The number of rotatable bonds is 14. The Morgan fingerprint density at radius 1 is 0.465 bits per heavy atom. The van der Waals surface area contributed by atoms with Gasteiger partial charge in [-0.2, -0.15) is 0 Å². The first-order valence-corrected chi connectivity index (χ1v) is 33.4. The fraction of sp³-hybridized carbons (Fsp3) is 0.480. The van der Waals surface area contributed by atoms with Crippen LogP contribution in [0.1, 0.15) is 186 Å². The van der Waals surface area contributed by atoms with Crippen molar-refractivity contribution in [3.63, 3.8) is 0 Å². The van der Waals surface area contributed by atoms with E-state index in [4.69, 9.17) is 43.3 Å². The van der Waals surface area contributed by atoms with Crippen LogP contribution in [0.15, 0.2) is 114 Å². The molecule has 4 saturated heterocycles. The molecular formula is C75H96N8O16. The minimum Gasteiger partial charge on any atom is -0.481 e. The molecule has 6 heterocycles. The smallest absolute Gasteiger partial charge is 0.411 e. The summed E-state index contributed by atoms with van der Waals surface area (Å²) in [5, 5.41) is 7.42. The van der Waals surface area contributed by atoms with Gasteiger partial charge < -0.3 is 44.7 Å². The van der Waals surface area contributed by atoms with E-state index in [1.807, 2.05) is 58.8 Å². The largest absolute Gasteiger partial charge is 0.481 e. The summed E-state index contributed by atoms with van der Waals surface area (Å²) in [4.78, 5) is 130. The van der Waals surface area contributed by atoms with Gasteiger partial charge in [0.25, 0.3) is 5.97 Å². The van der Waals surface area contributed by atoms with Crippen LogP contribution in [0.25, 0.3) is 39.1 Å². The maximum absolute atomic E-state index is 12.8. The predicted octanol–water partition coefficient (Wildman–Crippen LogP) is 14.3. The molecule has 532 valence electrons. The molecule has 0 saturated carbocycles. The van der Waals surface area contributed by atoms with E-state index in [1.165, 1.54) is 9.80 Å². The first-order chi connectivity index (χ1) is 46.1. The minimum absolute atomic E-state index is 0.